The minimum absolute atomic E-state index is 0.0488. The van der Waals surface area contributed by atoms with Crippen LogP contribution in [0.15, 0.2) is 76.7 Å². The number of aryl methyl sites for hydroxylation is 1. The van der Waals surface area contributed by atoms with Crippen molar-refractivity contribution in [2.24, 2.45) is 7.05 Å². The summed E-state index contributed by atoms with van der Waals surface area (Å²) in [5.41, 5.74) is 2.29. The van der Waals surface area contributed by atoms with Crippen molar-refractivity contribution in [3.8, 4) is 5.75 Å². The summed E-state index contributed by atoms with van der Waals surface area (Å²) in [5, 5.41) is 12.1. The number of aromatic nitrogens is 1. The van der Waals surface area contributed by atoms with E-state index in [0.717, 1.165) is 15.6 Å². The Labute approximate surface area is 196 Å². The number of hydrogen-bond donors (Lipinski definition) is 1. The van der Waals surface area contributed by atoms with E-state index in [9.17, 15) is 9.90 Å². The van der Waals surface area contributed by atoms with Crippen LogP contribution in [0.4, 0.5) is 5.69 Å². The Morgan fingerprint density at radius 1 is 1.19 bits per heavy atom. The fraction of sp³-hybridized carbons (Fsp3) is 0.200. The van der Waals surface area contributed by atoms with Crippen molar-refractivity contribution in [2.45, 2.75) is 11.8 Å². The number of nitrogens with zero attached hydrogens (tertiary/aromatic N) is 3. The van der Waals surface area contributed by atoms with Gasteiger partial charge in [0.25, 0.3) is 5.01 Å². The number of anilines is 1. The van der Waals surface area contributed by atoms with Crippen LogP contribution < -0.4 is 9.47 Å². The van der Waals surface area contributed by atoms with Gasteiger partial charge in [-0.05, 0) is 30.3 Å². The molecule has 0 atom stereocenters. The van der Waals surface area contributed by atoms with E-state index in [0.29, 0.717) is 13.1 Å². The van der Waals surface area contributed by atoms with E-state index in [4.69, 9.17) is 0 Å². The summed E-state index contributed by atoms with van der Waals surface area (Å²) in [7, 11) is 3.90. The number of fused-ring (bicyclic) bond motifs is 2. The number of allylic oxidation sites excluding steroid dienone is 4. The Bertz CT molecular complexity index is 1240. The lowest BCUT2D eigenvalue weighted by atomic mass is 10.2. The first-order chi connectivity index (χ1) is 15.4. The number of likely N-dealkylation sites (N-methyl/N-ethyl adjacent to an activating group) is 1. The van der Waals surface area contributed by atoms with Crippen LogP contribution in [0.3, 0.4) is 0 Å². The highest BCUT2D eigenvalue weighted by Crippen LogP contribution is 2.47. The van der Waals surface area contributed by atoms with E-state index in [1.54, 1.807) is 47.1 Å². The fourth-order valence-corrected chi connectivity index (χ4v) is 5.66. The molecule has 0 aliphatic carbocycles. The molecular weight excluding hydrogens is 438 g/mol. The van der Waals surface area contributed by atoms with Crippen molar-refractivity contribution < 1.29 is 14.5 Å². The standard InChI is InChI=1S/C25H25N3O2S2/c1-18(29)26(2)15-16-28-21-14-13-19(30)17-23(21)32-25(28)12-6-4-5-11-24-27(3)20-9-7-8-10-22(20)31-24/h4-14,17H,15-16H2,1-3H3/p+1. The topological polar surface area (TPSA) is 47.7 Å². The number of thiazole rings is 1. The molecule has 1 N–H and O–H groups in total. The minimum Gasteiger partial charge on any atom is -0.508 e. The monoisotopic (exact) mass is 464 g/mol. The molecule has 1 aromatic heterocycles. The summed E-state index contributed by atoms with van der Waals surface area (Å²) in [4.78, 5) is 16.5. The lowest BCUT2D eigenvalue weighted by Crippen LogP contribution is -2.33. The Morgan fingerprint density at radius 3 is 2.78 bits per heavy atom. The van der Waals surface area contributed by atoms with E-state index in [1.165, 1.54) is 15.2 Å². The van der Waals surface area contributed by atoms with E-state index in [2.05, 4.69) is 52.9 Å². The second kappa shape index (κ2) is 9.63. The van der Waals surface area contributed by atoms with Gasteiger partial charge in [-0.15, -0.1) is 0 Å². The number of phenols is 1. The number of thioether (sulfide) groups is 1. The molecular formula is C25H26N3O2S2+. The van der Waals surface area contributed by atoms with E-state index >= 15 is 0 Å². The maximum Gasteiger partial charge on any atom is 0.262 e. The number of phenolic OH excluding ortho intramolecular Hbond substituents is 1. The van der Waals surface area contributed by atoms with Gasteiger partial charge < -0.3 is 14.9 Å². The molecule has 0 bridgehead atoms. The number of hydrogen-bond acceptors (Lipinski definition) is 5. The third-order valence-electron chi connectivity index (χ3n) is 5.38. The Morgan fingerprint density at radius 2 is 2.00 bits per heavy atom. The summed E-state index contributed by atoms with van der Waals surface area (Å²) >= 11 is 3.40. The molecule has 2 aromatic carbocycles. The highest BCUT2D eigenvalue weighted by Gasteiger charge is 2.25. The largest absolute Gasteiger partial charge is 0.508 e. The first kappa shape index (κ1) is 22.2. The van der Waals surface area contributed by atoms with Gasteiger partial charge in [0.2, 0.25) is 11.4 Å². The second-order valence-corrected chi connectivity index (χ2v) is 9.69. The van der Waals surface area contributed by atoms with Crippen LogP contribution in [0.2, 0.25) is 0 Å². The van der Waals surface area contributed by atoms with Crippen molar-refractivity contribution in [2.75, 3.05) is 25.0 Å². The van der Waals surface area contributed by atoms with Gasteiger partial charge in [0.15, 0.2) is 0 Å². The molecule has 0 saturated carbocycles. The molecule has 0 saturated heterocycles. The molecule has 0 spiro atoms. The smallest absolute Gasteiger partial charge is 0.262 e. The van der Waals surface area contributed by atoms with Crippen LogP contribution in [0, 0.1) is 0 Å². The van der Waals surface area contributed by atoms with Gasteiger partial charge in [-0.2, -0.15) is 4.57 Å². The van der Waals surface area contributed by atoms with Crippen molar-refractivity contribution in [3.63, 3.8) is 0 Å². The van der Waals surface area contributed by atoms with Gasteiger partial charge in [-0.1, -0.05) is 53.5 Å². The van der Waals surface area contributed by atoms with Crippen LogP contribution in [0.1, 0.15) is 11.9 Å². The summed E-state index contributed by atoms with van der Waals surface area (Å²) in [6, 6.07) is 13.8. The van der Waals surface area contributed by atoms with Crippen LogP contribution in [-0.2, 0) is 11.8 Å². The molecule has 0 unspecified atom stereocenters. The number of rotatable bonds is 6. The minimum atomic E-state index is 0.0488. The zero-order chi connectivity index (χ0) is 22.7. The molecule has 5 nitrogen and oxygen atoms in total. The molecule has 164 valence electrons. The molecule has 7 heteroatoms. The number of benzene rings is 2. The third kappa shape index (κ3) is 4.74. The Kier molecular flexibility index (Phi) is 6.67. The van der Waals surface area contributed by atoms with Gasteiger partial charge in [0, 0.05) is 44.1 Å². The van der Waals surface area contributed by atoms with Gasteiger partial charge in [-0.25, -0.2) is 0 Å². The fourth-order valence-electron chi connectivity index (χ4n) is 3.46. The van der Waals surface area contributed by atoms with Crippen LogP contribution in [0.25, 0.3) is 16.3 Å². The average Bonchev–Trinajstić information content (AvgIpc) is 3.28. The average molecular weight is 465 g/mol. The van der Waals surface area contributed by atoms with Crippen molar-refractivity contribution in [3.05, 3.63) is 76.8 Å². The molecule has 1 aliphatic rings. The highest BCUT2D eigenvalue weighted by molar-refractivity contribution is 8.03. The van der Waals surface area contributed by atoms with E-state index in [-0.39, 0.29) is 11.7 Å². The van der Waals surface area contributed by atoms with Gasteiger partial charge in [-0.3, -0.25) is 4.79 Å². The molecule has 4 rings (SSSR count). The number of para-hydroxylation sites is 1. The molecule has 1 aliphatic heterocycles. The number of amides is 1. The lowest BCUT2D eigenvalue weighted by Gasteiger charge is -2.23. The summed E-state index contributed by atoms with van der Waals surface area (Å²) in [6.45, 7) is 2.89. The number of carbonyl (C=O) groups is 1. The first-order valence-electron chi connectivity index (χ1n) is 10.4. The van der Waals surface area contributed by atoms with Crippen molar-refractivity contribution >= 4 is 51.0 Å². The molecule has 1 amide bonds. The Hall–Kier alpha value is -3.03. The van der Waals surface area contributed by atoms with Crippen LogP contribution in [-0.4, -0.2) is 36.1 Å². The predicted molar refractivity (Wildman–Crippen MR) is 134 cm³/mol. The SMILES string of the molecule is CC(=O)N(C)CCN1/C(=C/C=C/C=C/c2sc3ccccc3[n+]2C)Sc2cc(O)ccc21. The predicted octanol–water partition coefficient (Wildman–Crippen LogP) is 4.93. The van der Waals surface area contributed by atoms with Crippen LogP contribution in [0.5, 0.6) is 5.75 Å². The van der Waals surface area contributed by atoms with Crippen LogP contribution >= 0.6 is 23.1 Å². The summed E-state index contributed by atoms with van der Waals surface area (Å²) in [5.74, 6) is 0.306. The zero-order valence-electron chi connectivity index (χ0n) is 18.4. The molecule has 3 aromatic rings. The Balaban J connectivity index is 1.50. The maximum absolute atomic E-state index is 11.6. The van der Waals surface area contributed by atoms with E-state index < -0.39 is 0 Å². The zero-order valence-corrected chi connectivity index (χ0v) is 20.0. The summed E-state index contributed by atoms with van der Waals surface area (Å²) in [6.07, 6.45) is 10.3. The highest BCUT2D eigenvalue weighted by atomic mass is 32.2. The molecule has 0 fully saturated rings. The molecule has 32 heavy (non-hydrogen) atoms. The number of carbonyl (C=O) groups excluding carboxylic acids is 1. The first-order valence-corrected chi connectivity index (χ1v) is 12.0. The maximum atomic E-state index is 11.6. The van der Waals surface area contributed by atoms with Gasteiger partial charge in [0.1, 0.15) is 17.5 Å². The van der Waals surface area contributed by atoms with E-state index in [1.807, 2.05) is 31.3 Å². The van der Waals surface area contributed by atoms with Gasteiger partial charge >= 0.3 is 0 Å². The van der Waals surface area contributed by atoms with Crippen molar-refractivity contribution in [1.82, 2.24) is 4.90 Å². The molecule has 0 radical (unpaired) electrons. The third-order valence-corrected chi connectivity index (χ3v) is 7.68. The van der Waals surface area contributed by atoms with Crippen molar-refractivity contribution in [1.29, 1.82) is 0 Å². The molecule has 2 heterocycles. The van der Waals surface area contributed by atoms with Gasteiger partial charge in [0.05, 0.1) is 10.7 Å². The quantitative estimate of drug-likeness (QED) is 0.415. The number of aromatic hydroxyl groups is 1. The normalized spacial score (nSPS) is 14.8. The summed E-state index contributed by atoms with van der Waals surface area (Å²) < 4.78 is 3.47. The second-order valence-electron chi connectivity index (χ2n) is 7.56. The lowest BCUT2D eigenvalue weighted by molar-refractivity contribution is -0.642.